The fourth-order valence-electron chi connectivity index (χ4n) is 1.85. The number of hydrogen-bond acceptors (Lipinski definition) is 4. The van der Waals surface area contributed by atoms with E-state index in [0.717, 1.165) is 4.90 Å². The predicted octanol–water partition coefficient (Wildman–Crippen LogP) is 1.56. The summed E-state index contributed by atoms with van der Waals surface area (Å²) in [5.41, 5.74) is 0.161. The van der Waals surface area contributed by atoms with Crippen LogP contribution >= 0.6 is 15.9 Å². The second kappa shape index (κ2) is 4.51. The Balaban J connectivity index is 2.39. The third kappa shape index (κ3) is 2.35. The number of para-hydroxylation sites is 1. The van der Waals surface area contributed by atoms with Crippen LogP contribution in [0.1, 0.15) is 6.42 Å². The third-order valence-corrected chi connectivity index (χ3v) is 4.48. The minimum absolute atomic E-state index is 0.161. The van der Waals surface area contributed by atoms with E-state index in [-0.39, 0.29) is 18.0 Å². The zero-order chi connectivity index (χ0) is 13.5. The molecule has 98 valence electrons. The SMILES string of the molecule is O=C1CC(S(=O)(=O)F)CN1c1c(O)cccc1Br. The van der Waals surface area contributed by atoms with Crippen molar-refractivity contribution in [2.45, 2.75) is 11.7 Å². The molecular weight excluding hydrogens is 329 g/mol. The number of phenols is 1. The van der Waals surface area contributed by atoms with Crippen LogP contribution in [-0.4, -0.2) is 31.2 Å². The highest BCUT2D eigenvalue weighted by Gasteiger charge is 2.40. The van der Waals surface area contributed by atoms with E-state index in [0.29, 0.717) is 4.47 Å². The van der Waals surface area contributed by atoms with Gasteiger partial charge in [0.25, 0.3) is 0 Å². The number of benzene rings is 1. The van der Waals surface area contributed by atoms with E-state index in [1.54, 1.807) is 12.1 Å². The molecule has 0 bridgehead atoms. The molecule has 8 heteroatoms. The fraction of sp³-hybridized carbons (Fsp3) is 0.300. The highest BCUT2D eigenvalue weighted by Crippen LogP contribution is 2.38. The molecule has 2 rings (SSSR count). The van der Waals surface area contributed by atoms with Gasteiger partial charge in [-0.25, -0.2) is 0 Å². The Hall–Kier alpha value is -1.15. The molecule has 1 atom stereocenters. The van der Waals surface area contributed by atoms with Crippen molar-refractivity contribution in [3.63, 3.8) is 0 Å². The second-order valence-corrected chi connectivity index (χ2v) is 6.39. The van der Waals surface area contributed by atoms with Crippen molar-refractivity contribution < 1.29 is 22.2 Å². The zero-order valence-electron chi connectivity index (χ0n) is 9.01. The Kier molecular flexibility index (Phi) is 3.33. The van der Waals surface area contributed by atoms with Crippen molar-refractivity contribution >= 4 is 37.7 Å². The lowest BCUT2D eigenvalue weighted by Gasteiger charge is -2.18. The highest BCUT2D eigenvalue weighted by molar-refractivity contribution is 9.10. The van der Waals surface area contributed by atoms with Crippen LogP contribution in [0.2, 0.25) is 0 Å². The monoisotopic (exact) mass is 337 g/mol. The molecule has 1 saturated heterocycles. The van der Waals surface area contributed by atoms with Gasteiger partial charge in [0.15, 0.2) is 0 Å². The van der Waals surface area contributed by atoms with Gasteiger partial charge in [-0.2, -0.15) is 8.42 Å². The number of aromatic hydroxyl groups is 1. The maximum atomic E-state index is 12.9. The Morgan fingerprint density at radius 1 is 1.44 bits per heavy atom. The minimum Gasteiger partial charge on any atom is -0.506 e. The molecule has 0 aromatic heterocycles. The van der Waals surface area contributed by atoms with Gasteiger partial charge in [0.05, 0.1) is 0 Å². The highest BCUT2D eigenvalue weighted by atomic mass is 79.9. The molecule has 5 nitrogen and oxygen atoms in total. The molecule has 1 heterocycles. The molecule has 1 aliphatic rings. The first-order valence-corrected chi connectivity index (χ1v) is 7.26. The van der Waals surface area contributed by atoms with Gasteiger partial charge in [-0.15, -0.1) is 3.89 Å². The Morgan fingerprint density at radius 2 is 2.11 bits per heavy atom. The van der Waals surface area contributed by atoms with E-state index >= 15 is 0 Å². The van der Waals surface area contributed by atoms with Gasteiger partial charge in [-0.1, -0.05) is 6.07 Å². The van der Waals surface area contributed by atoms with Gasteiger partial charge < -0.3 is 10.0 Å². The smallest absolute Gasteiger partial charge is 0.307 e. The van der Waals surface area contributed by atoms with Crippen LogP contribution < -0.4 is 4.90 Å². The molecule has 1 N–H and O–H groups in total. The molecule has 1 amide bonds. The molecule has 1 fully saturated rings. The van der Waals surface area contributed by atoms with E-state index in [2.05, 4.69) is 15.9 Å². The number of phenolic OH excluding ortho intramolecular Hbond substituents is 1. The first-order valence-electron chi connectivity index (χ1n) is 5.02. The largest absolute Gasteiger partial charge is 0.506 e. The van der Waals surface area contributed by atoms with Crippen LogP contribution in [0.5, 0.6) is 5.75 Å². The van der Waals surface area contributed by atoms with Crippen molar-refractivity contribution in [1.29, 1.82) is 0 Å². The maximum Gasteiger partial charge on any atom is 0.307 e. The lowest BCUT2D eigenvalue weighted by Crippen LogP contribution is -2.27. The minimum atomic E-state index is -4.76. The van der Waals surface area contributed by atoms with Crippen molar-refractivity contribution in [2.75, 3.05) is 11.4 Å². The summed E-state index contributed by atoms with van der Waals surface area (Å²) in [7, 11) is -4.76. The van der Waals surface area contributed by atoms with Crippen molar-refractivity contribution in [3.05, 3.63) is 22.7 Å². The summed E-state index contributed by atoms with van der Waals surface area (Å²) in [4.78, 5) is 12.8. The van der Waals surface area contributed by atoms with E-state index in [1.165, 1.54) is 6.07 Å². The topological polar surface area (TPSA) is 74.7 Å². The van der Waals surface area contributed by atoms with E-state index in [1.807, 2.05) is 0 Å². The third-order valence-electron chi connectivity index (χ3n) is 2.72. The predicted molar refractivity (Wildman–Crippen MR) is 66.6 cm³/mol. The number of carbonyl (C=O) groups excluding carboxylic acids is 1. The molecule has 1 aliphatic heterocycles. The van der Waals surface area contributed by atoms with Gasteiger partial charge in [-0.3, -0.25) is 4.79 Å². The number of rotatable bonds is 2. The fourth-order valence-corrected chi connectivity index (χ4v) is 3.09. The Morgan fingerprint density at radius 3 is 2.61 bits per heavy atom. The molecular formula is C10H9BrFNO4S. The van der Waals surface area contributed by atoms with Crippen LogP contribution in [0, 0.1) is 0 Å². The summed E-state index contributed by atoms with van der Waals surface area (Å²) in [6, 6.07) is 4.52. The number of nitrogens with zero attached hydrogens (tertiary/aromatic N) is 1. The Labute approximate surface area is 112 Å². The molecule has 0 aliphatic carbocycles. The van der Waals surface area contributed by atoms with Gasteiger partial charge in [0, 0.05) is 17.4 Å². The molecule has 1 aromatic carbocycles. The van der Waals surface area contributed by atoms with Crippen LogP contribution in [0.15, 0.2) is 22.7 Å². The van der Waals surface area contributed by atoms with E-state index in [4.69, 9.17) is 0 Å². The average molecular weight is 338 g/mol. The quantitative estimate of drug-likeness (QED) is 0.831. The summed E-state index contributed by atoms with van der Waals surface area (Å²) in [6.07, 6.45) is -0.417. The summed E-state index contributed by atoms with van der Waals surface area (Å²) in [5.74, 6) is -0.710. The molecule has 0 radical (unpaired) electrons. The van der Waals surface area contributed by atoms with E-state index < -0.39 is 27.8 Å². The maximum absolute atomic E-state index is 12.9. The number of hydrogen-bond donors (Lipinski definition) is 1. The standard InChI is InChI=1S/C10H9BrFNO4S/c11-7-2-1-3-8(14)10(7)13-5-6(4-9(13)15)18(12,16)17/h1-3,6,14H,4-5H2. The average Bonchev–Trinajstić information content (AvgIpc) is 2.60. The van der Waals surface area contributed by atoms with Crippen LogP contribution in [0.25, 0.3) is 0 Å². The second-order valence-electron chi connectivity index (χ2n) is 3.91. The number of amides is 1. The van der Waals surface area contributed by atoms with Gasteiger partial charge in [-0.05, 0) is 28.1 Å². The molecule has 0 saturated carbocycles. The molecule has 0 spiro atoms. The summed E-state index contributed by atoms with van der Waals surface area (Å²) < 4.78 is 34.9. The Bertz CT molecular complexity index is 584. The summed E-state index contributed by atoms with van der Waals surface area (Å²) >= 11 is 3.16. The van der Waals surface area contributed by atoms with E-state index in [9.17, 15) is 22.2 Å². The molecule has 1 unspecified atom stereocenters. The summed E-state index contributed by atoms with van der Waals surface area (Å²) in [6.45, 7) is -0.298. The first kappa shape index (κ1) is 13.3. The zero-order valence-corrected chi connectivity index (χ0v) is 11.4. The van der Waals surface area contributed by atoms with Crippen molar-refractivity contribution in [3.8, 4) is 5.75 Å². The number of halogens is 2. The van der Waals surface area contributed by atoms with Crippen molar-refractivity contribution in [1.82, 2.24) is 0 Å². The normalized spacial score (nSPS) is 20.4. The lowest BCUT2D eigenvalue weighted by molar-refractivity contribution is -0.117. The van der Waals surface area contributed by atoms with Gasteiger partial charge in [0.2, 0.25) is 5.91 Å². The number of anilines is 1. The van der Waals surface area contributed by atoms with Crippen LogP contribution in [-0.2, 0) is 15.0 Å². The first-order chi connectivity index (χ1) is 8.30. The summed E-state index contributed by atoms with van der Waals surface area (Å²) in [5, 5.41) is 8.31. The van der Waals surface area contributed by atoms with Crippen LogP contribution in [0.4, 0.5) is 9.57 Å². The van der Waals surface area contributed by atoms with Gasteiger partial charge in [0.1, 0.15) is 16.7 Å². The molecule has 18 heavy (non-hydrogen) atoms. The van der Waals surface area contributed by atoms with Crippen molar-refractivity contribution in [2.24, 2.45) is 0 Å². The lowest BCUT2D eigenvalue weighted by atomic mass is 10.2. The number of carbonyl (C=O) groups is 1. The molecule has 1 aromatic rings. The van der Waals surface area contributed by atoms with Crippen LogP contribution in [0.3, 0.4) is 0 Å². The van der Waals surface area contributed by atoms with Gasteiger partial charge >= 0.3 is 10.2 Å².